The van der Waals surface area contributed by atoms with Crippen LogP contribution in [0.5, 0.6) is 0 Å². The lowest BCUT2D eigenvalue weighted by Gasteiger charge is -2.72. The largest absolute Gasteiger partial charge is 0.481 e. The number of hydrogen-bond donors (Lipinski definition) is 2. The van der Waals surface area contributed by atoms with Crippen LogP contribution >= 0.6 is 0 Å². The second-order valence-electron chi connectivity index (χ2n) is 19.6. The molecular weight excluding hydrogens is 656 g/mol. The highest BCUT2D eigenvalue weighted by Crippen LogP contribution is 2.77. The molecule has 2 heterocycles. The van der Waals surface area contributed by atoms with E-state index in [4.69, 9.17) is 9.15 Å². The van der Waals surface area contributed by atoms with Gasteiger partial charge in [0.25, 0.3) is 5.89 Å². The molecule has 7 rings (SSSR count). The van der Waals surface area contributed by atoms with E-state index >= 15 is 0 Å². The number of aliphatic hydroxyl groups excluding tert-OH is 1. The number of esters is 1. The zero-order chi connectivity index (χ0) is 37.6. The molecule has 4 fully saturated rings. The number of rotatable bonds is 8. The predicted octanol–water partition coefficient (Wildman–Crippen LogP) is 8.25. The van der Waals surface area contributed by atoms with E-state index in [9.17, 15) is 19.8 Å². The minimum absolute atomic E-state index is 0.0597. The fourth-order valence-corrected chi connectivity index (χ4v) is 13.2. The first kappa shape index (κ1) is 37.2. The van der Waals surface area contributed by atoms with E-state index in [1.807, 2.05) is 0 Å². The zero-order valence-corrected chi connectivity index (χ0v) is 32.8. The van der Waals surface area contributed by atoms with Crippen LogP contribution in [0.25, 0.3) is 11.5 Å². The number of aromatic nitrogens is 4. The number of ether oxygens (including phenoxy) is 1. The van der Waals surface area contributed by atoms with Crippen molar-refractivity contribution in [1.29, 1.82) is 0 Å². The summed E-state index contributed by atoms with van der Waals surface area (Å²) >= 11 is 0. The number of allylic oxidation sites excluding steroid dienone is 1. The van der Waals surface area contributed by atoms with E-state index in [1.54, 1.807) is 26.2 Å². The first-order valence-corrected chi connectivity index (χ1v) is 19.7. The van der Waals surface area contributed by atoms with Crippen molar-refractivity contribution in [1.82, 2.24) is 20.2 Å². The number of hydrogen-bond acceptors (Lipinski definition) is 9. The number of carbonyl (C=O) groups is 2. The maximum atomic E-state index is 13.1. The molecule has 10 nitrogen and oxygen atoms in total. The Morgan fingerprint density at radius 2 is 1.65 bits per heavy atom. The van der Waals surface area contributed by atoms with Crippen molar-refractivity contribution in [3.8, 4) is 11.5 Å². The molecule has 4 unspecified atom stereocenters. The highest BCUT2D eigenvalue weighted by molar-refractivity contribution is 5.81. The summed E-state index contributed by atoms with van der Waals surface area (Å²) in [4.78, 5) is 33.1. The first-order valence-electron chi connectivity index (χ1n) is 19.7. The quantitative estimate of drug-likeness (QED) is 0.202. The summed E-state index contributed by atoms with van der Waals surface area (Å²) in [6.07, 6.45) is 13.6. The predicted molar refractivity (Wildman–Crippen MR) is 195 cm³/mol. The standard InChI is InChI=1S/C42H60N4O6/c1-24(2)33-27(47)18-42(19-31-45-46-35(52-31)25-21-43-23-44-22-25)17-16-40(8)26(34(33)42)10-11-29-39(7)14-13-30(51-32(48)20-37(3,4)36(49)50)38(5,6)28(39)12-15-41(29,40)9/h21-24,26-30,47H,10-20H2,1-9H3,(H,49,50)/t26?,27?,28-,29+,30?,39-,40+,41+,42?/m0/s1. The van der Waals surface area contributed by atoms with Crippen LogP contribution < -0.4 is 0 Å². The van der Waals surface area contributed by atoms with Gasteiger partial charge in [-0.15, -0.1) is 10.2 Å². The molecule has 2 aromatic heterocycles. The Kier molecular flexibility index (Phi) is 8.91. The Balaban J connectivity index is 1.17. The number of carboxylic acid groups (broad SMARTS) is 1. The molecule has 2 N–H and O–H groups in total. The zero-order valence-electron chi connectivity index (χ0n) is 32.8. The van der Waals surface area contributed by atoms with Gasteiger partial charge in [0.2, 0.25) is 5.89 Å². The van der Waals surface area contributed by atoms with E-state index < -0.39 is 23.5 Å². The third-order valence-corrected chi connectivity index (χ3v) is 15.9. The highest BCUT2D eigenvalue weighted by atomic mass is 16.5. The minimum atomic E-state index is -1.16. The van der Waals surface area contributed by atoms with E-state index in [0.29, 0.717) is 47.9 Å². The van der Waals surface area contributed by atoms with Crippen LogP contribution in [0.4, 0.5) is 0 Å². The molecule has 0 amide bonds. The van der Waals surface area contributed by atoms with Crippen LogP contribution in [0, 0.1) is 56.2 Å². The number of fused-ring (bicyclic) bond motifs is 7. The molecule has 0 radical (unpaired) electrons. The van der Waals surface area contributed by atoms with Crippen molar-refractivity contribution in [2.24, 2.45) is 56.2 Å². The fraction of sp³-hybridized carbons (Fsp3) is 0.762. The van der Waals surface area contributed by atoms with Gasteiger partial charge in [0.15, 0.2) is 0 Å². The Morgan fingerprint density at radius 3 is 2.33 bits per heavy atom. The van der Waals surface area contributed by atoms with Gasteiger partial charge < -0.3 is 19.4 Å². The molecule has 9 atom stereocenters. The van der Waals surface area contributed by atoms with Crippen LogP contribution in [-0.4, -0.2) is 54.5 Å². The number of carbonyl (C=O) groups excluding carboxylic acids is 1. The summed E-state index contributed by atoms with van der Waals surface area (Å²) in [5.74, 6) is 1.16. The van der Waals surface area contributed by atoms with Gasteiger partial charge in [-0.25, -0.2) is 9.97 Å². The number of carboxylic acids is 1. The van der Waals surface area contributed by atoms with Gasteiger partial charge in [-0.05, 0) is 117 Å². The van der Waals surface area contributed by atoms with Gasteiger partial charge in [-0.2, -0.15) is 0 Å². The molecule has 0 bridgehead atoms. The van der Waals surface area contributed by atoms with Crippen molar-refractivity contribution in [2.45, 2.75) is 145 Å². The average molecular weight is 717 g/mol. The molecule has 0 aromatic carbocycles. The van der Waals surface area contributed by atoms with Gasteiger partial charge in [-0.3, -0.25) is 9.59 Å². The lowest BCUT2D eigenvalue weighted by molar-refractivity contribution is -0.233. The molecule has 0 saturated heterocycles. The lowest BCUT2D eigenvalue weighted by atomic mass is 9.33. The van der Waals surface area contributed by atoms with Gasteiger partial charge in [-0.1, -0.05) is 54.0 Å². The number of aliphatic carboxylic acids is 1. The van der Waals surface area contributed by atoms with Crippen LogP contribution in [0.15, 0.2) is 34.3 Å². The van der Waals surface area contributed by atoms with Crippen LogP contribution in [0.1, 0.15) is 132 Å². The van der Waals surface area contributed by atoms with E-state index in [1.165, 1.54) is 17.5 Å². The average Bonchev–Trinajstić information content (AvgIpc) is 3.64. The molecule has 5 aliphatic carbocycles. The Hall–Kier alpha value is -3.14. The third kappa shape index (κ3) is 5.50. The maximum Gasteiger partial charge on any atom is 0.309 e. The number of nitrogens with zero attached hydrogens (tertiary/aromatic N) is 4. The Morgan fingerprint density at radius 1 is 0.942 bits per heavy atom. The highest BCUT2D eigenvalue weighted by Gasteiger charge is 2.70. The molecule has 0 spiro atoms. The number of aliphatic hydroxyl groups is 1. The molecule has 2 aromatic rings. The monoisotopic (exact) mass is 716 g/mol. The minimum Gasteiger partial charge on any atom is -0.481 e. The van der Waals surface area contributed by atoms with Crippen LogP contribution in [0.2, 0.25) is 0 Å². The molecule has 10 heteroatoms. The SMILES string of the molecule is CC(C)C1=C2C3CC[C@@H]4[C@@]5(C)CCC(OC(=O)CC(C)(C)C(=O)O)C(C)(C)[C@@H]5CC[C@@]4(C)[C@]3(C)CCC2(Cc2nnc(-c3cncnc3)o2)CC1O. The Bertz CT molecular complexity index is 1750. The van der Waals surface area contributed by atoms with Gasteiger partial charge in [0.1, 0.15) is 12.4 Å². The van der Waals surface area contributed by atoms with Crippen molar-refractivity contribution in [3.63, 3.8) is 0 Å². The summed E-state index contributed by atoms with van der Waals surface area (Å²) in [6, 6.07) is 0. The van der Waals surface area contributed by atoms with E-state index in [2.05, 4.69) is 68.6 Å². The lowest BCUT2D eigenvalue weighted by Crippen LogP contribution is -2.65. The summed E-state index contributed by atoms with van der Waals surface area (Å²) in [5, 5.41) is 30.3. The summed E-state index contributed by atoms with van der Waals surface area (Å²) < 4.78 is 12.4. The van der Waals surface area contributed by atoms with Gasteiger partial charge >= 0.3 is 11.9 Å². The van der Waals surface area contributed by atoms with Crippen molar-refractivity contribution < 1.29 is 29.0 Å². The Labute approximate surface area is 309 Å². The molecule has 0 aliphatic heterocycles. The van der Waals surface area contributed by atoms with Gasteiger partial charge in [0.05, 0.1) is 23.5 Å². The molecule has 4 saturated carbocycles. The normalized spacial score (nSPS) is 38.2. The molecule has 5 aliphatic rings. The van der Waals surface area contributed by atoms with E-state index in [-0.39, 0.29) is 45.5 Å². The molecular formula is C42H60N4O6. The van der Waals surface area contributed by atoms with Crippen LogP contribution in [0.3, 0.4) is 0 Å². The topological polar surface area (TPSA) is 149 Å². The summed E-state index contributed by atoms with van der Waals surface area (Å²) in [7, 11) is 0. The summed E-state index contributed by atoms with van der Waals surface area (Å²) in [5.41, 5.74) is 2.08. The van der Waals surface area contributed by atoms with E-state index in [0.717, 1.165) is 51.4 Å². The van der Waals surface area contributed by atoms with Crippen molar-refractivity contribution in [3.05, 3.63) is 35.8 Å². The smallest absolute Gasteiger partial charge is 0.309 e. The van der Waals surface area contributed by atoms with Crippen molar-refractivity contribution in [2.75, 3.05) is 0 Å². The van der Waals surface area contributed by atoms with Crippen LogP contribution in [-0.2, 0) is 20.7 Å². The fourth-order valence-electron chi connectivity index (χ4n) is 13.2. The first-order chi connectivity index (χ1) is 24.3. The molecule has 284 valence electrons. The molecule has 52 heavy (non-hydrogen) atoms. The third-order valence-electron chi connectivity index (χ3n) is 15.9. The second-order valence-corrected chi connectivity index (χ2v) is 19.6. The van der Waals surface area contributed by atoms with Gasteiger partial charge in [0, 0.05) is 29.6 Å². The summed E-state index contributed by atoms with van der Waals surface area (Å²) in [6.45, 7) is 19.9. The second kappa shape index (κ2) is 12.5. The maximum absolute atomic E-state index is 13.1. The van der Waals surface area contributed by atoms with Crippen molar-refractivity contribution >= 4 is 11.9 Å².